The predicted molar refractivity (Wildman–Crippen MR) is 122 cm³/mol. The van der Waals surface area contributed by atoms with E-state index in [9.17, 15) is 30.3 Å². The number of aromatic amines is 1. The molecule has 0 atom stereocenters. The SMILES string of the molecule is Cn1c2cc(-c3cccc(S(=O)(=O)F)c3)c(C(F)(F)F)cc2c(=O)c2c3ccc(C#N)cc3[nH]c21. The van der Waals surface area contributed by atoms with Crippen LogP contribution in [0.4, 0.5) is 17.1 Å². The molecule has 0 spiro atoms. The predicted octanol–water partition coefficient (Wildman–Crippen LogP) is 5.39. The Morgan fingerprint density at radius 2 is 1.77 bits per heavy atom. The van der Waals surface area contributed by atoms with Crippen molar-refractivity contribution in [3.8, 4) is 17.2 Å². The molecular formula is C24H13F4N3O3S. The summed E-state index contributed by atoms with van der Waals surface area (Å²) in [7, 11) is -3.59. The first kappa shape index (κ1) is 22.6. The Balaban J connectivity index is 1.92. The lowest BCUT2D eigenvalue weighted by molar-refractivity contribution is -0.137. The molecule has 5 aromatic rings. The van der Waals surface area contributed by atoms with E-state index >= 15 is 0 Å². The van der Waals surface area contributed by atoms with E-state index in [4.69, 9.17) is 5.26 Å². The van der Waals surface area contributed by atoms with Gasteiger partial charge in [-0.15, -0.1) is 3.89 Å². The van der Waals surface area contributed by atoms with Crippen LogP contribution in [0.15, 0.2) is 64.3 Å². The van der Waals surface area contributed by atoms with Crippen molar-refractivity contribution in [2.24, 2.45) is 7.05 Å². The van der Waals surface area contributed by atoms with Crippen molar-refractivity contribution in [3.63, 3.8) is 0 Å². The third kappa shape index (κ3) is 3.54. The van der Waals surface area contributed by atoms with Crippen LogP contribution in [-0.4, -0.2) is 18.0 Å². The average molecular weight is 499 g/mol. The number of rotatable bonds is 2. The monoisotopic (exact) mass is 499 g/mol. The van der Waals surface area contributed by atoms with E-state index in [1.807, 2.05) is 6.07 Å². The Morgan fingerprint density at radius 3 is 2.43 bits per heavy atom. The van der Waals surface area contributed by atoms with Gasteiger partial charge in [0, 0.05) is 23.3 Å². The minimum absolute atomic E-state index is 0.145. The molecule has 0 unspecified atom stereocenters. The van der Waals surface area contributed by atoms with Crippen molar-refractivity contribution in [2.75, 3.05) is 0 Å². The molecule has 35 heavy (non-hydrogen) atoms. The molecule has 0 fully saturated rings. The van der Waals surface area contributed by atoms with Crippen molar-refractivity contribution < 1.29 is 25.5 Å². The zero-order chi connectivity index (χ0) is 25.3. The molecule has 6 nitrogen and oxygen atoms in total. The van der Waals surface area contributed by atoms with Gasteiger partial charge >= 0.3 is 16.4 Å². The van der Waals surface area contributed by atoms with Crippen molar-refractivity contribution in [2.45, 2.75) is 11.1 Å². The van der Waals surface area contributed by atoms with Crippen LogP contribution in [0.2, 0.25) is 0 Å². The second kappa shape index (κ2) is 7.41. The number of nitrogens with one attached hydrogen (secondary N) is 1. The molecule has 0 bridgehead atoms. The molecule has 0 saturated carbocycles. The largest absolute Gasteiger partial charge is 0.417 e. The summed E-state index contributed by atoms with van der Waals surface area (Å²) < 4.78 is 79.9. The molecule has 0 saturated heterocycles. The third-order valence-corrected chi connectivity index (χ3v) is 6.76. The summed E-state index contributed by atoms with van der Waals surface area (Å²) in [5.41, 5.74) is -1.10. The van der Waals surface area contributed by atoms with Gasteiger partial charge < -0.3 is 9.55 Å². The maximum atomic E-state index is 14.1. The smallest absolute Gasteiger partial charge is 0.340 e. The molecule has 2 heterocycles. The van der Waals surface area contributed by atoms with Gasteiger partial charge in [-0.05, 0) is 47.5 Å². The normalized spacial score (nSPS) is 12.5. The fraction of sp³-hybridized carbons (Fsp3) is 0.0833. The maximum Gasteiger partial charge on any atom is 0.417 e. The van der Waals surface area contributed by atoms with Gasteiger partial charge in [0.2, 0.25) is 0 Å². The number of aromatic nitrogens is 2. The van der Waals surface area contributed by atoms with Gasteiger partial charge in [-0.25, -0.2) is 0 Å². The first-order valence-electron chi connectivity index (χ1n) is 10.0. The molecule has 2 aromatic heterocycles. The minimum Gasteiger partial charge on any atom is -0.340 e. The highest BCUT2D eigenvalue weighted by Gasteiger charge is 2.35. The molecule has 0 aliphatic rings. The van der Waals surface area contributed by atoms with Gasteiger partial charge in [0.1, 0.15) is 5.65 Å². The lowest BCUT2D eigenvalue weighted by atomic mass is 9.96. The van der Waals surface area contributed by atoms with E-state index in [-0.39, 0.29) is 21.9 Å². The van der Waals surface area contributed by atoms with Crippen LogP contribution < -0.4 is 5.43 Å². The van der Waals surface area contributed by atoms with E-state index < -0.39 is 37.9 Å². The van der Waals surface area contributed by atoms with E-state index in [1.165, 1.54) is 22.8 Å². The van der Waals surface area contributed by atoms with Crippen LogP contribution in [0.1, 0.15) is 11.1 Å². The summed E-state index contributed by atoms with van der Waals surface area (Å²) in [5.74, 6) is 0. The van der Waals surface area contributed by atoms with Crippen LogP contribution in [-0.2, 0) is 23.4 Å². The lowest BCUT2D eigenvalue weighted by Crippen LogP contribution is -2.13. The summed E-state index contributed by atoms with van der Waals surface area (Å²) >= 11 is 0. The quantitative estimate of drug-likeness (QED) is 0.260. The minimum atomic E-state index is -5.15. The average Bonchev–Trinajstić information content (AvgIpc) is 3.20. The van der Waals surface area contributed by atoms with Crippen molar-refractivity contribution in [1.29, 1.82) is 5.26 Å². The maximum absolute atomic E-state index is 14.1. The molecule has 0 radical (unpaired) electrons. The Kier molecular flexibility index (Phi) is 4.79. The Labute approximate surface area is 194 Å². The molecule has 1 N–H and O–H groups in total. The molecule has 0 aliphatic heterocycles. The summed E-state index contributed by atoms with van der Waals surface area (Å²) in [6.07, 6.45) is -4.89. The van der Waals surface area contributed by atoms with Crippen LogP contribution in [0, 0.1) is 11.3 Å². The zero-order valence-electron chi connectivity index (χ0n) is 17.7. The van der Waals surface area contributed by atoms with Crippen molar-refractivity contribution in [1.82, 2.24) is 9.55 Å². The summed E-state index contributed by atoms with van der Waals surface area (Å²) in [4.78, 5) is 15.7. The van der Waals surface area contributed by atoms with Crippen LogP contribution in [0.5, 0.6) is 0 Å². The summed E-state index contributed by atoms with van der Waals surface area (Å²) in [5, 5.41) is 9.58. The highest BCUT2D eigenvalue weighted by Crippen LogP contribution is 2.40. The number of hydrogen-bond acceptors (Lipinski definition) is 4. The van der Waals surface area contributed by atoms with Crippen LogP contribution >= 0.6 is 0 Å². The lowest BCUT2D eigenvalue weighted by Gasteiger charge is -2.17. The number of pyridine rings is 1. The number of nitriles is 1. The van der Waals surface area contributed by atoms with Gasteiger partial charge in [-0.1, -0.05) is 18.2 Å². The van der Waals surface area contributed by atoms with Crippen LogP contribution in [0.3, 0.4) is 0 Å². The van der Waals surface area contributed by atoms with Gasteiger partial charge in [-0.3, -0.25) is 4.79 Å². The molecular weight excluding hydrogens is 486 g/mol. The fourth-order valence-electron chi connectivity index (χ4n) is 4.33. The standard InChI is InChI=1S/C24H13F4N3O3S/c1-31-20-10-16(13-3-2-4-14(8-13)35(28,33)34)18(24(25,26)27)9-17(20)22(32)21-15-6-5-12(11-29)7-19(15)30-23(21)31/h2-10,30H,1H3. The second-order valence-corrected chi connectivity index (χ2v) is 9.33. The number of alkyl halides is 3. The number of halogens is 4. The first-order valence-corrected chi connectivity index (χ1v) is 11.4. The molecule has 3 aromatic carbocycles. The molecule has 5 rings (SSSR count). The fourth-order valence-corrected chi connectivity index (χ4v) is 4.83. The van der Waals surface area contributed by atoms with Crippen molar-refractivity contribution in [3.05, 3.63) is 75.9 Å². The number of benzene rings is 3. The molecule has 11 heteroatoms. The Bertz CT molecular complexity index is 1910. The van der Waals surface area contributed by atoms with Gasteiger partial charge in [0.05, 0.1) is 33.0 Å². The highest BCUT2D eigenvalue weighted by atomic mass is 32.3. The Morgan fingerprint density at radius 1 is 1.03 bits per heavy atom. The Hall–Kier alpha value is -4.17. The van der Waals surface area contributed by atoms with E-state index in [1.54, 1.807) is 13.1 Å². The van der Waals surface area contributed by atoms with E-state index in [0.717, 1.165) is 30.3 Å². The second-order valence-electron chi connectivity index (χ2n) is 7.99. The first-order chi connectivity index (χ1) is 16.4. The van der Waals surface area contributed by atoms with Gasteiger partial charge in [0.15, 0.2) is 5.43 Å². The number of nitrogens with zero attached hydrogens (tertiary/aromatic N) is 2. The highest BCUT2D eigenvalue weighted by molar-refractivity contribution is 7.86. The van der Waals surface area contributed by atoms with Crippen molar-refractivity contribution >= 4 is 43.1 Å². The van der Waals surface area contributed by atoms with Gasteiger partial charge in [0.25, 0.3) is 0 Å². The number of hydrogen-bond donors (Lipinski definition) is 1. The molecule has 176 valence electrons. The number of fused-ring (bicyclic) bond motifs is 4. The van der Waals surface area contributed by atoms with Gasteiger partial charge in [-0.2, -0.15) is 26.9 Å². The molecule has 0 amide bonds. The topological polar surface area (TPSA) is 95.7 Å². The zero-order valence-corrected chi connectivity index (χ0v) is 18.6. The number of aryl methyl sites for hydroxylation is 1. The summed E-state index contributed by atoms with van der Waals surface area (Å²) in [6, 6.07) is 12.6. The summed E-state index contributed by atoms with van der Waals surface area (Å²) in [6.45, 7) is 0. The number of H-pyrrole nitrogens is 1. The molecule has 0 aliphatic carbocycles. The van der Waals surface area contributed by atoms with Crippen LogP contribution in [0.25, 0.3) is 44.0 Å². The third-order valence-electron chi connectivity index (χ3n) is 5.94. The van der Waals surface area contributed by atoms with E-state index in [0.29, 0.717) is 22.1 Å². The van der Waals surface area contributed by atoms with E-state index in [2.05, 4.69) is 4.98 Å².